The lowest BCUT2D eigenvalue weighted by atomic mass is 10.0. The molecule has 0 spiro atoms. The number of benzene rings is 2. The first-order valence-corrected chi connectivity index (χ1v) is 7.11. The summed E-state index contributed by atoms with van der Waals surface area (Å²) in [5.41, 5.74) is 2.89. The maximum Gasteiger partial charge on any atom is 0.336 e. The van der Waals surface area contributed by atoms with Gasteiger partial charge < -0.3 is 9.84 Å². The molecule has 4 heteroatoms. The molecule has 0 saturated heterocycles. The summed E-state index contributed by atoms with van der Waals surface area (Å²) in [6.45, 7) is 0. The summed E-state index contributed by atoms with van der Waals surface area (Å²) in [6, 6.07) is 14.8. The number of hydrogen-bond acceptors (Lipinski definition) is 3. The summed E-state index contributed by atoms with van der Waals surface area (Å²) in [6.07, 6.45) is 5.43. The van der Waals surface area contributed by atoms with Gasteiger partial charge in [-0.25, -0.2) is 4.79 Å². The number of nitrogens with zero attached hydrogens (tertiary/aromatic N) is 1. The lowest BCUT2D eigenvalue weighted by Crippen LogP contribution is -1.98. The van der Waals surface area contributed by atoms with E-state index in [1.165, 1.54) is 12.3 Å². The molecule has 114 valence electrons. The third-order valence-electron chi connectivity index (χ3n) is 3.58. The average Bonchev–Trinajstić information content (AvgIpc) is 2.59. The van der Waals surface area contributed by atoms with E-state index < -0.39 is 5.97 Å². The van der Waals surface area contributed by atoms with Crippen LogP contribution in [0.5, 0.6) is 5.75 Å². The zero-order valence-electron chi connectivity index (χ0n) is 12.6. The quantitative estimate of drug-likeness (QED) is 0.737. The number of fused-ring (bicyclic) bond motifs is 1. The Hall–Kier alpha value is -3.14. The van der Waals surface area contributed by atoms with Gasteiger partial charge in [-0.3, -0.25) is 4.98 Å². The highest BCUT2D eigenvalue weighted by Crippen LogP contribution is 2.20. The van der Waals surface area contributed by atoms with Crippen molar-refractivity contribution in [1.29, 1.82) is 0 Å². The standard InChI is InChI=1S/C19H15NO3/c1-23-15-7-4-13(5-8-15)2-3-14-6-9-18-17(12-14)16(19(21)22)10-11-20-18/h2-12H,1H3,(H,21,22)/b3-2+. The van der Waals surface area contributed by atoms with Gasteiger partial charge in [0.05, 0.1) is 18.2 Å². The first-order chi connectivity index (χ1) is 11.2. The van der Waals surface area contributed by atoms with Crippen molar-refractivity contribution < 1.29 is 14.6 Å². The highest BCUT2D eigenvalue weighted by Gasteiger charge is 2.08. The summed E-state index contributed by atoms with van der Waals surface area (Å²) >= 11 is 0. The van der Waals surface area contributed by atoms with Crippen LogP contribution < -0.4 is 4.74 Å². The normalized spacial score (nSPS) is 11.0. The van der Waals surface area contributed by atoms with Crippen molar-refractivity contribution >= 4 is 29.0 Å². The molecular formula is C19H15NO3. The molecule has 3 aromatic rings. The molecule has 0 aliphatic carbocycles. The topological polar surface area (TPSA) is 59.4 Å². The molecule has 2 aromatic carbocycles. The molecular weight excluding hydrogens is 290 g/mol. The number of rotatable bonds is 4. The highest BCUT2D eigenvalue weighted by molar-refractivity contribution is 6.03. The van der Waals surface area contributed by atoms with E-state index in [2.05, 4.69) is 4.98 Å². The van der Waals surface area contributed by atoms with Crippen molar-refractivity contribution in [3.63, 3.8) is 0 Å². The molecule has 1 heterocycles. The van der Waals surface area contributed by atoms with Gasteiger partial charge in [0.25, 0.3) is 0 Å². The fourth-order valence-corrected chi connectivity index (χ4v) is 2.36. The number of hydrogen-bond donors (Lipinski definition) is 1. The number of carboxylic acids is 1. The fourth-order valence-electron chi connectivity index (χ4n) is 2.36. The molecule has 0 radical (unpaired) electrons. The van der Waals surface area contributed by atoms with Crippen LogP contribution in [0.3, 0.4) is 0 Å². The molecule has 0 aliphatic heterocycles. The zero-order chi connectivity index (χ0) is 16.2. The molecule has 0 aliphatic rings. The van der Waals surface area contributed by atoms with E-state index in [-0.39, 0.29) is 5.56 Å². The minimum atomic E-state index is -0.950. The molecule has 0 saturated carbocycles. The second-order valence-corrected chi connectivity index (χ2v) is 5.05. The molecule has 0 unspecified atom stereocenters. The van der Waals surface area contributed by atoms with E-state index in [4.69, 9.17) is 4.74 Å². The Balaban J connectivity index is 1.94. The van der Waals surface area contributed by atoms with Crippen LogP contribution in [0.1, 0.15) is 21.5 Å². The van der Waals surface area contributed by atoms with Crippen molar-refractivity contribution in [3.8, 4) is 5.75 Å². The van der Waals surface area contributed by atoms with E-state index in [0.717, 1.165) is 16.9 Å². The Bertz CT molecular complexity index is 883. The highest BCUT2D eigenvalue weighted by atomic mass is 16.5. The van der Waals surface area contributed by atoms with Crippen LogP contribution in [0.4, 0.5) is 0 Å². The monoisotopic (exact) mass is 305 g/mol. The van der Waals surface area contributed by atoms with Gasteiger partial charge >= 0.3 is 5.97 Å². The van der Waals surface area contributed by atoms with Crippen LogP contribution in [-0.2, 0) is 0 Å². The molecule has 0 bridgehead atoms. The number of carbonyl (C=O) groups is 1. The molecule has 1 N–H and O–H groups in total. The van der Waals surface area contributed by atoms with Gasteiger partial charge in [-0.05, 0) is 41.5 Å². The third kappa shape index (κ3) is 3.21. The van der Waals surface area contributed by atoms with Crippen molar-refractivity contribution in [2.75, 3.05) is 7.11 Å². The minimum absolute atomic E-state index is 0.259. The summed E-state index contributed by atoms with van der Waals surface area (Å²) < 4.78 is 5.13. The van der Waals surface area contributed by atoms with Gasteiger partial charge in [0.2, 0.25) is 0 Å². The predicted molar refractivity (Wildman–Crippen MR) is 90.6 cm³/mol. The van der Waals surface area contributed by atoms with Crippen molar-refractivity contribution in [2.45, 2.75) is 0 Å². The number of aromatic carboxylic acids is 1. The third-order valence-corrected chi connectivity index (χ3v) is 3.58. The van der Waals surface area contributed by atoms with Crippen LogP contribution in [0.2, 0.25) is 0 Å². The van der Waals surface area contributed by atoms with E-state index in [1.54, 1.807) is 7.11 Å². The van der Waals surface area contributed by atoms with Crippen LogP contribution >= 0.6 is 0 Å². The molecule has 0 fully saturated rings. The average molecular weight is 305 g/mol. The van der Waals surface area contributed by atoms with Crippen LogP contribution in [0, 0.1) is 0 Å². The van der Waals surface area contributed by atoms with E-state index in [0.29, 0.717) is 10.9 Å². The Morgan fingerprint density at radius 2 is 1.74 bits per heavy atom. The molecule has 3 rings (SSSR count). The molecule has 0 amide bonds. The molecule has 4 nitrogen and oxygen atoms in total. The fraction of sp³-hybridized carbons (Fsp3) is 0.0526. The summed E-state index contributed by atoms with van der Waals surface area (Å²) in [7, 11) is 1.63. The van der Waals surface area contributed by atoms with Crippen molar-refractivity contribution in [1.82, 2.24) is 4.98 Å². The molecule has 1 aromatic heterocycles. The minimum Gasteiger partial charge on any atom is -0.497 e. The van der Waals surface area contributed by atoms with Gasteiger partial charge in [-0.15, -0.1) is 0 Å². The van der Waals surface area contributed by atoms with Crippen LogP contribution in [-0.4, -0.2) is 23.2 Å². The second kappa shape index (κ2) is 6.32. The number of aromatic nitrogens is 1. The van der Waals surface area contributed by atoms with Crippen molar-refractivity contribution in [2.24, 2.45) is 0 Å². The molecule has 23 heavy (non-hydrogen) atoms. The van der Waals surface area contributed by atoms with Gasteiger partial charge in [0.15, 0.2) is 0 Å². The predicted octanol–water partition coefficient (Wildman–Crippen LogP) is 4.11. The van der Waals surface area contributed by atoms with Gasteiger partial charge in [0, 0.05) is 11.6 Å². The largest absolute Gasteiger partial charge is 0.497 e. The second-order valence-electron chi connectivity index (χ2n) is 5.05. The Labute approximate surface area is 133 Å². The van der Waals surface area contributed by atoms with Gasteiger partial charge in [-0.2, -0.15) is 0 Å². The van der Waals surface area contributed by atoms with Crippen molar-refractivity contribution in [3.05, 3.63) is 71.4 Å². The number of carboxylic acid groups (broad SMARTS) is 1. The number of ether oxygens (including phenoxy) is 1. The SMILES string of the molecule is COc1ccc(/C=C/c2ccc3nccc(C(=O)O)c3c2)cc1. The summed E-state index contributed by atoms with van der Waals surface area (Å²) in [5.74, 6) is -0.140. The maximum atomic E-state index is 11.3. The Morgan fingerprint density at radius 3 is 2.43 bits per heavy atom. The number of methoxy groups -OCH3 is 1. The number of pyridine rings is 1. The Kier molecular flexibility index (Phi) is 4.06. The summed E-state index contributed by atoms with van der Waals surface area (Å²) in [5, 5.41) is 9.91. The Morgan fingerprint density at radius 1 is 1.04 bits per heavy atom. The molecule has 0 atom stereocenters. The van der Waals surface area contributed by atoms with E-state index in [1.807, 2.05) is 54.6 Å². The van der Waals surface area contributed by atoms with E-state index in [9.17, 15) is 9.90 Å². The lowest BCUT2D eigenvalue weighted by molar-refractivity contribution is 0.0699. The first-order valence-electron chi connectivity index (χ1n) is 7.11. The maximum absolute atomic E-state index is 11.3. The van der Waals surface area contributed by atoms with Crippen LogP contribution in [0.15, 0.2) is 54.7 Å². The lowest BCUT2D eigenvalue weighted by Gasteiger charge is -2.03. The van der Waals surface area contributed by atoms with Crippen LogP contribution in [0.25, 0.3) is 23.1 Å². The first kappa shape index (κ1) is 14.8. The smallest absolute Gasteiger partial charge is 0.336 e. The summed E-state index contributed by atoms with van der Waals surface area (Å²) in [4.78, 5) is 15.5. The zero-order valence-corrected chi connectivity index (χ0v) is 12.6. The van der Waals surface area contributed by atoms with Gasteiger partial charge in [0.1, 0.15) is 5.75 Å². The van der Waals surface area contributed by atoms with Gasteiger partial charge in [-0.1, -0.05) is 30.4 Å². The van der Waals surface area contributed by atoms with E-state index >= 15 is 0 Å².